The minimum atomic E-state index is -0.883. The van der Waals surface area contributed by atoms with Crippen LogP contribution in [0.25, 0.3) is 0 Å². The van der Waals surface area contributed by atoms with Crippen molar-refractivity contribution in [3.05, 3.63) is 46.2 Å². The number of nitrogens with two attached hydrogens (primary N) is 1. The summed E-state index contributed by atoms with van der Waals surface area (Å²) in [5, 5.41) is 8.39. The lowest BCUT2D eigenvalue weighted by Gasteiger charge is -2.28. The van der Waals surface area contributed by atoms with Crippen molar-refractivity contribution in [2.75, 3.05) is 5.32 Å². The van der Waals surface area contributed by atoms with Crippen LogP contribution in [0.15, 0.2) is 29.8 Å². The summed E-state index contributed by atoms with van der Waals surface area (Å²) in [4.78, 5) is 27.9. The molecule has 3 rings (SSSR count). The zero-order valence-electron chi connectivity index (χ0n) is 12.8. The second kappa shape index (κ2) is 6.56. The first-order chi connectivity index (χ1) is 11.5. The number of urea groups is 1. The quantitative estimate of drug-likeness (QED) is 0.792. The maximum absolute atomic E-state index is 13.5. The molecule has 0 aliphatic heterocycles. The molecule has 2 aromatic rings. The number of carbonyl (C=O) groups excluding carboxylic acids is 2. The van der Waals surface area contributed by atoms with Gasteiger partial charge < -0.3 is 16.4 Å². The largest absolute Gasteiger partial charge is 0.366 e. The highest BCUT2D eigenvalue weighted by Crippen LogP contribution is 2.39. The average Bonchev–Trinajstić information content (AvgIpc) is 3.20. The molecule has 1 aromatic heterocycles. The molecular formula is C16H17FN4O2S. The number of rotatable bonds is 4. The number of thiazole rings is 1. The average molecular weight is 348 g/mol. The molecule has 6 nitrogen and oxygen atoms in total. The summed E-state index contributed by atoms with van der Waals surface area (Å²) in [6.07, 6.45) is 5.40. The molecule has 0 saturated heterocycles. The van der Waals surface area contributed by atoms with Crippen molar-refractivity contribution >= 4 is 29.0 Å². The zero-order valence-corrected chi connectivity index (χ0v) is 13.7. The molecule has 1 aliphatic carbocycles. The third kappa shape index (κ3) is 3.23. The fraction of sp³-hybridized carbons (Fsp3) is 0.312. The van der Waals surface area contributed by atoms with Crippen LogP contribution in [0.4, 0.5) is 14.9 Å². The second-order valence-electron chi connectivity index (χ2n) is 5.76. The van der Waals surface area contributed by atoms with Crippen LogP contribution in [0.5, 0.6) is 0 Å². The number of halogens is 1. The minimum absolute atomic E-state index is 0.261. The molecule has 4 N–H and O–H groups in total. The molecular weight excluding hydrogens is 331 g/mol. The number of benzene rings is 1. The van der Waals surface area contributed by atoms with E-state index in [4.69, 9.17) is 5.73 Å². The van der Waals surface area contributed by atoms with E-state index in [1.54, 1.807) is 6.20 Å². The summed E-state index contributed by atoms with van der Waals surface area (Å²) >= 11 is 1.51. The monoisotopic (exact) mass is 348 g/mol. The van der Waals surface area contributed by atoms with Gasteiger partial charge in [-0.2, -0.15) is 0 Å². The lowest BCUT2D eigenvalue weighted by atomic mass is 9.99. The molecule has 1 heterocycles. The molecule has 0 bridgehead atoms. The Hall–Kier alpha value is -2.48. The molecule has 0 unspecified atom stereocenters. The van der Waals surface area contributed by atoms with Gasteiger partial charge >= 0.3 is 6.03 Å². The second-order valence-corrected chi connectivity index (χ2v) is 6.66. The van der Waals surface area contributed by atoms with Gasteiger partial charge in [0.1, 0.15) is 10.8 Å². The van der Waals surface area contributed by atoms with E-state index in [-0.39, 0.29) is 5.56 Å². The lowest BCUT2D eigenvalue weighted by molar-refractivity contribution is 0.0996. The van der Waals surface area contributed by atoms with Crippen LogP contribution in [-0.4, -0.2) is 16.9 Å². The number of amides is 3. The highest BCUT2D eigenvalue weighted by Gasteiger charge is 2.39. The molecule has 3 amide bonds. The summed E-state index contributed by atoms with van der Waals surface area (Å²) in [6.45, 7) is 0. The van der Waals surface area contributed by atoms with Crippen LogP contribution in [-0.2, 0) is 5.54 Å². The maximum atomic E-state index is 13.5. The molecule has 0 atom stereocenters. The standard InChI is InChI=1S/C16H17FN4O2S/c17-12-4-3-10(9-11(12)13(18)22)20-15(23)21-16(5-1-2-6-16)14-19-7-8-24-14/h3-4,7-9H,1-2,5-6H2,(H2,18,22)(H2,20,21,23). The van der Waals surface area contributed by atoms with Crippen LogP contribution < -0.4 is 16.4 Å². The van der Waals surface area contributed by atoms with Crippen molar-refractivity contribution in [2.45, 2.75) is 31.2 Å². The molecule has 1 saturated carbocycles. The molecule has 1 fully saturated rings. The smallest absolute Gasteiger partial charge is 0.320 e. The third-order valence-electron chi connectivity index (χ3n) is 4.14. The topological polar surface area (TPSA) is 97.1 Å². The molecule has 8 heteroatoms. The van der Waals surface area contributed by atoms with Crippen molar-refractivity contribution in [3.63, 3.8) is 0 Å². The number of hydrogen-bond acceptors (Lipinski definition) is 4. The number of nitrogens with zero attached hydrogens (tertiary/aromatic N) is 1. The maximum Gasteiger partial charge on any atom is 0.320 e. The van der Waals surface area contributed by atoms with Gasteiger partial charge in [-0.1, -0.05) is 12.8 Å². The normalized spacial score (nSPS) is 15.9. The predicted octanol–water partition coefficient (Wildman–Crippen LogP) is 2.97. The first-order valence-electron chi connectivity index (χ1n) is 7.59. The van der Waals surface area contributed by atoms with E-state index in [0.717, 1.165) is 36.8 Å². The van der Waals surface area contributed by atoms with E-state index in [9.17, 15) is 14.0 Å². The zero-order chi connectivity index (χ0) is 17.2. The van der Waals surface area contributed by atoms with Crippen molar-refractivity contribution < 1.29 is 14.0 Å². The third-order valence-corrected chi connectivity index (χ3v) is 5.12. The van der Waals surface area contributed by atoms with Gasteiger partial charge in [0, 0.05) is 17.3 Å². The van der Waals surface area contributed by atoms with Gasteiger partial charge in [-0.25, -0.2) is 14.2 Å². The Morgan fingerprint density at radius 2 is 2.04 bits per heavy atom. The van der Waals surface area contributed by atoms with Crippen molar-refractivity contribution in [1.29, 1.82) is 0 Å². The molecule has 126 valence electrons. The van der Waals surface area contributed by atoms with Gasteiger partial charge in [0.2, 0.25) is 0 Å². The summed E-state index contributed by atoms with van der Waals surface area (Å²) in [6, 6.07) is 3.28. The van der Waals surface area contributed by atoms with E-state index in [2.05, 4.69) is 15.6 Å². The highest BCUT2D eigenvalue weighted by atomic mass is 32.1. The highest BCUT2D eigenvalue weighted by molar-refractivity contribution is 7.09. The Balaban J connectivity index is 1.76. The minimum Gasteiger partial charge on any atom is -0.366 e. The first-order valence-corrected chi connectivity index (χ1v) is 8.47. The van der Waals surface area contributed by atoms with Gasteiger partial charge in [-0.05, 0) is 31.0 Å². The van der Waals surface area contributed by atoms with E-state index in [1.165, 1.54) is 23.5 Å². The van der Waals surface area contributed by atoms with Crippen molar-refractivity contribution in [1.82, 2.24) is 10.3 Å². The van der Waals surface area contributed by atoms with E-state index in [1.807, 2.05) is 5.38 Å². The fourth-order valence-electron chi connectivity index (χ4n) is 3.00. The number of nitrogens with one attached hydrogen (secondary N) is 2. The first kappa shape index (κ1) is 16.4. The number of aromatic nitrogens is 1. The van der Waals surface area contributed by atoms with Crippen LogP contribution in [0.3, 0.4) is 0 Å². The summed E-state index contributed by atoms with van der Waals surface area (Å²) in [5.41, 5.74) is 4.69. The van der Waals surface area contributed by atoms with E-state index < -0.39 is 23.3 Å². The van der Waals surface area contributed by atoms with Crippen LogP contribution >= 0.6 is 11.3 Å². The van der Waals surface area contributed by atoms with Crippen molar-refractivity contribution in [3.8, 4) is 0 Å². The van der Waals surface area contributed by atoms with E-state index in [0.29, 0.717) is 5.69 Å². The molecule has 1 aromatic carbocycles. The molecule has 0 spiro atoms. The Kier molecular flexibility index (Phi) is 4.48. The fourth-order valence-corrected chi connectivity index (χ4v) is 3.86. The van der Waals surface area contributed by atoms with Crippen molar-refractivity contribution in [2.24, 2.45) is 5.73 Å². The SMILES string of the molecule is NC(=O)c1cc(NC(=O)NC2(c3nccs3)CCCC2)ccc1F. The van der Waals surface area contributed by atoms with Gasteiger partial charge in [-0.3, -0.25) is 4.79 Å². The van der Waals surface area contributed by atoms with Crippen LogP contribution in [0.1, 0.15) is 41.0 Å². The molecule has 0 radical (unpaired) electrons. The number of hydrogen-bond donors (Lipinski definition) is 3. The Morgan fingerprint density at radius 3 is 2.67 bits per heavy atom. The number of carbonyl (C=O) groups is 2. The van der Waals surface area contributed by atoms with Crippen LogP contribution in [0.2, 0.25) is 0 Å². The summed E-state index contributed by atoms with van der Waals surface area (Å²) in [5.74, 6) is -1.60. The van der Waals surface area contributed by atoms with Gasteiger partial charge in [0.15, 0.2) is 0 Å². The Morgan fingerprint density at radius 1 is 1.29 bits per heavy atom. The summed E-state index contributed by atoms with van der Waals surface area (Å²) in [7, 11) is 0. The van der Waals surface area contributed by atoms with Crippen LogP contribution in [0, 0.1) is 5.82 Å². The summed E-state index contributed by atoms with van der Waals surface area (Å²) < 4.78 is 13.5. The predicted molar refractivity (Wildman–Crippen MR) is 89.3 cm³/mol. The molecule has 1 aliphatic rings. The number of primary amides is 1. The van der Waals surface area contributed by atoms with Gasteiger partial charge in [0.05, 0.1) is 11.1 Å². The van der Waals surface area contributed by atoms with E-state index >= 15 is 0 Å². The lowest BCUT2D eigenvalue weighted by Crippen LogP contribution is -2.45. The number of anilines is 1. The Labute approximate surface area is 142 Å². The van der Waals surface area contributed by atoms with Gasteiger partial charge in [0.25, 0.3) is 5.91 Å². The Bertz CT molecular complexity index is 757. The molecule has 24 heavy (non-hydrogen) atoms. The van der Waals surface area contributed by atoms with Gasteiger partial charge in [-0.15, -0.1) is 11.3 Å².